The SMILES string of the molecule is COc1ccc2nc3c(nc2c1)O[C@H]1CN(C(=O)[C@H](C2CCCCC2)NC(=O)O[C@@H]2CCC[C@H]2CCCCC3(F)F)[C@H](C=O)[C@@H]1C. The fourth-order valence-electron chi connectivity index (χ4n) is 7.86. The van der Waals surface area contributed by atoms with E-state index in [2.05, 4.69) is 15.3 Å². The molecule has 10 nitrogen and oxygen atoms in total. The Morgan fingerprint density at radius 3 is 2.43 bits per heavy atom. The summed E-state index contributed by atoms with van der Waals surface area (Å²) in [7, 11) is 1.50. The number of rotatable bonds is 3. The van der Waals surface area contributed by atoms with E-state index in [-0.39, 0.29) is 48.2 Å². The van der Waals surface area contributed by atoms with E-state index in [1.807, 2.05) is 0 Å². The molecule has 3 heterocycles. The monoisotopic (exact) mass is 642 g/mol. The van der Waals surface area contributed by atoms with Crippen molar-refractivity contribution in [2.24, 2.45) is 17.8 Å². The quantitative estimate of drug-likeness (QED) is 0.409. The lowest BCUT2D eigenvalue weighted by Gasteiger charge is -2.34. The van der Waals surface area contributed by atoms with Crippen LogP contribution in [-0.2, 0) is 20.2 Å². The predicted octanol–water partition coefficient (Wildman–Crippen LogP) is 5.94. The molecule has 250 valence electrons. The lowest BCUT2D eigenvalue weighted by Crippen LogP contribution is -2.55. The number of amides is 2. The number of hydrogen-bond donors (Lipinski definition) is 1. The van der Waals surface area contributed by atoms with Gasteiger partial charge in [-0.3, -0.25) is 4.79 Å². The molecule has 12 heteroatoms. The number of halogens is 2. The molecule has 46 heavy (non-hydrogen) atoms. The average molecular weight is 643 g/mol. The highest BCUT2D eigenvalue weighted by Gasteiger charge is 2.48. The maximum Gasteiger partial charge on any atom is 0.408 e. The van der Waals surface area contributed by atoms with Crippen LogP contribution in [0.1, 0.15) is 89.7 Å². The van der Waals surface area contributed by atoms with Crippen molar-refractivity contribution in [1.29, 1.82) is 0 Å². The van der Waals surface area contributed by atoms with Gasteiger partial charge >= 0.3 is 6.09 Å². The summed E-state index contributed by atoms with van der Waals surface area (Å²) < 4.78 is 49.5. The number of benzene rings is 1. The average Bonchev–Trinajstić information content (AvgIpc) is 3.63. The molecule has 2 amide bonds. The van der Waals surface area contributed by atoms with Crippen molar-refractivity contribution in [3.8, 4) is 11.6 Å². The molecule has 0 radical (unpaired) electrons. The van der Waals surface area contributed by atoms with E-state index >= 15 is 8.78 Å². The van der Waals surface area contributed by atoms with E-state index in [1.165, 1.54) is 12.0 Å². The van der Waals surface area contributed by atoms with Gasteiger partial charge in [0.05, 0.1) is 30.7 Å². The number of nitrogens with one attached hydrogen (secondary N) is 1. The van der Waals surface area contributed by atoms with Gasteiger partial charge in [0, 0.05) is 18.4 Å². The Kier molecular flexibility index (Phi) is 9.61. The molecule has 1 aromatic carbocycles. The Balaban J connectivity index is 1.38. The first-order chi connectivity index (χ1) is 22.2. The van der Waals surface area contributed by atoms with Crippen LogP contribution in [0.2, 0.25) is 0 Å². The van der Waals surface area contributed by atoms with E-state index in [0.717, 1.165) is 44.9 Å². The molecule has 2 aliphatic carbocycles. The highest BCUT2D eigenvalue weighted by atomic mass is 19.3. The number of alkyl halides is 2. The van der Waals surface area contributed by atoms with E-state index in [0.29, 0.717) is 36.8 Å². The zero-order valence-corrected chi connectivity index (χ0v) is 26.6. The van der Waals surface area contributed by atoms with E-state index in [1.54, 1.807) is 25.1 Å². The van der Waals surface area contributed by atoms with E-state index in [9.17, 15) is 14.4 Å². The van der Waals surface area contributed by atoms with Gasteiger partial charge in [-0.15, -0.1) is 0 Å². The van der Waals surface area contributed by atoms with Crippen molar-refractivity contribution in [2.45, 2.75) is 114 Å². The number of carbonyl (C=O) groups is 3. The fraction of sp³-hybridized carbons (Fsp3) is 0.676. The molecule has 2 aliphatic heterocycles. The summed E-state index contributed by atoms with van der Waals surface area (Å²) >= 11 is 0. The second-order valence-electron chi connectivity index (χ2n) is 13.5. The molecule has 0 unspecified atom stereocenters. The highest BCUT2D eigenvalue weighted by molar-refractivity contribution is 5.88. The molecule has 2 bridgehead atoms. The molecular weight excluding hydrogens is 598 g/mol. The molecule has 1 N–H and O–H groups in total. The third kappa shape index (κ3) is 6.62. The third-order valence-corrected chi connectivity index (χ3v) is 10.6. The standard InChI is InChI=1S/C34H44F2N4O6/c1-20-26(19-41)40-18-28(20)45-31-30(37-24-15-14-23(44-2)17-25(24)38-31)34(35,36)16-7-6-9-21-12-8-13-27(21)46-33(43)39-29(32(40)42)22-10-4-3-5-11-22/h14-15,17,19-22,26-29H,3-13,16,18H2,1-2H3,(H,39,43)/t20-,21+,26+,27+,28-,29-/m0/s1. The van der Waals surface area contributed by atoms with E-state index < -0.39 is 48.2 Å². The Morgan fingerprint density at radius 2 is 1.67 bits per heavy atom. The fourth-order valence-corrected chi connectivity index (χ4v) is 7.86. The first-order valence-electron chi connectivity index (χ1n) is 16.8. The van der Waals surface area contributed by atoms with Gasteiger partial charge in [0.1, 0.15) is 30.3 Å². The molecule has 0 spiro atoms. The van der Waals surface area contributed by atoms with Crippen molar-refractivity contribution < 1.29 is 37.4 Å². The third-order valence-electron chi connectivity index (χ3n) is 10.6. The number of aldehydes is 1. The summed E-state index contributed by atoms with van der Waals surface area (Å²) in [6.45, 7) is 1.73. The Morgan fingerprint density at radius 1 is 0.935 bits per heavy atom. The number of carbonyl (C=O) groups excluding carboxylic acids is 3. The molecule has 2 aromatic rings. The number of hydrogen-bond acceptors (Lipinski definition) is 8. The summed E-state index contributed by atoms with van der Waals surface area (Å²) in [5.41, 5.74) is 0.0540. The van der Waals surface area contributed by atoms with Crippen LogP contribution < -0.4 is 14.8 Å². The molecule has 1 aromatic heterocycles. The number of aromatic nitrogens is 2. The van der Waals surface area contributed by atoms with Gasteiger partial charge in [0.2, 0.25) is 11.8 Å². The van der Waals surface area contributed by atoms with Crippen molar-refractivity contribution in [3.05, 3.63) is 23.9 Å². The summed E-state index contributed by atoms with van der Waals surface area (Å²) in [6, 6.07) is 3.09. The minimum Gasteiger partial charge on any atom is -0.497 e. The normalized spacial score (nSPS) is 31.1. The smallest absolute Gasteiger partial charge is 0.408 e. The molecule has 6 rings (SSSR count). The minimum atomic E-state index is -3.35. The molecule has 3 fully saturated rings. The van der Waals surface area contributed by atoms with Crippen LogP contribution in [0.5, 0.6) is 11.6 Å². The van der Waals surface area contributed by atoms with Crippen molar-refractivity contribution in [2.75, 3.05) is 13.7 Å². The van der Waals surface area contributed by atoms with Gasteiger partial charge in [0.15, 0.2) is 5.69 Å². The lowest BCUT2D eigenvalue weighted by molar-refractivity contribution is -0.138. The van der Waals surface area contributed by atoms with Crippen molar-refractivity contribution in [1.82, 2.24) is 20.2 Å². The highest BCUT2D eigenvalue weighted by Crippen LogP contribution is 2.41. The van der Waals surface area contributed by atoms with Crippen LogP contribution in [0.4, 0.5) is 13.6 Å². The van der Waals surface area contributed by atoms with Crippen LogP contribution >= 0.6 is 0 Å². The Bertz CT molecular complexity index is 1440. The van der Waals surface area contributed by atoms with Crippen LogP contribution in [0.25, 0.3) is 11.0 Å². The van der Waals surface area contributed by atoms with Crippen LogP contribution in [0.3, 0.4) is 0 Å². The second-order valence-corrected chi connectivity index (χ2v) is 13.5. The largest absolute Gasteiger partial charge is 0.497 e. The predicted molar refractivity (Wildman–Crippen MR) is 165 cm³/mol. The first-order valence-corrected chi connectivity index (χ1v) is 16.8. The zero-order valence-electron chi connectivity index (χ0n) is 26.6. The van der Waals surface area contributed by atoms with Gasteiger partial charge in [-0.05, 0) is 68.9 Å². The van der Waals surface area contributed by atoms with Gasteiger partial charge < -0.3 is 29.2 Å². The molecular formula is C34H44F2N4O6. The van der Waals surface area contributed by atoms with Gasteiger partial charge in [0.25, 0.3) is 5.92 Å². The number of fused-ring (bicyclic) bond motifs is 5. The maximum atomic E-state index is 16.0. The Labute approximate surface area is 267 Å². The summed E-state index contributed by atoms with van der Waals surface area (Å²) in [6.07, 6.45) is 6.81. The summed E-state index contributed by atoms with van der Waals surface area (Å²) in [5.74, 6) is -4.13. The number of methoxy groups -OCH3 is 1. The maximum absolute atomic E-state index is 16.0. The first kappa shape index (κ1) is 32.4. The Hall–Kier alpha value is -3.57. The number of nitrogens with zero attached hydrogens (tertiary/aromatic N) is 3. The topological polar surface area (TPSA) is 120 Å². The van der Waals surface area contributed by atoms with Gasteiger partial charge in [-0.25, -0.2) is 14.8 Å². The second kappa shape index (κ2) is 13.7. The summed E-state index contributed by atoms with van der Waals surface area (Å²) in [5, 5.41) is 2.91. The van der Waals surface area contributed by atoms with Crippen molar-refractivity contribution >= 4 is 29.3 Å². The van der Waals surface area contributed by atoms with Crippen LogP contribution in [0.15, 0.2) is 18.2 Å². The van der Waals surface area contributed by atoms with Gasteiger partial charge in [-0.1, -0.05) is 32.6 Å². The van der Waals surface area contributed by atoms with Crippen molar-refractivity contribution in [3.63, 3.8) is 0 Å². The zero-order chi connectivity index (χ0) is 32.4. The van der Waals surface area contributed by atoms with E-state index in [4.69, 9.17) is 14.2 Å². The van der Waals surface area contributed by atoms with Crippen LogP contribution in [0, 0.1) is 17.8 Å². The number of ether oxygens (including phenoxy) is 3. The molecule has 2 saturated carbocycles. The summed E-state index contributed by atoms with van der Waals surface area (Å²) in [4.78, 5) is 50.3. The van der Waals surface area contributed by atoms with Gasteiger partial charge in [-0.2, -0.15) is 8.78 Å². The van der Waals surface area contributed by atoms with Crippen LogP contribution in [-0.4, -0.2) is 71.1 Å². The molecule has 4 aliphatic rings. The number of alkyl carbamates (subject to hydrolysis) is 1. The molecule has 1 saturated heterocycles. The molecule has 6 atom stereocenters. The lowest BCUT2D eigenvalue weighted by atomic mass is 9.83. The minimum absolute atomic E-state index is 0.0309.